The first-order valence-corrected chi connectivity index (χ1v) is 9.44. The number of aromatic nitrogens is 1. The Morgan fingerprint density at radius 2 is 1.89 bits per heavy atom. The molecule has 0 fully saturated rings. The van der Waals surface area contributed by atoms with Crippen molar-refractivity contribution in [2.75, 3.05) is 25.6 Å². The van der Waals surface area contributed by atoms with E-state index >= 15 is 0 Å². The second-order valence-corrected chi connectivity index (χ2v) is 7.15. The summed E-state index contributed by atoms with van der Waals surface area (Å²) < 4.78 is 6.04. The van der Waals surface area contributed by atoms with Gasteiger partial charge in [0.05, 0.1) is 10.2 Å². The summed E-state index contributed by atoms with van der Waals surface area (Å²) in [5.41, 5.74) is 3.71. The number of rotatable bonds is 6. The normalized spacial score (nSPS) is 10.7. The highest BCUT2D eigenvalue weighted by Gasteiger charge is 2.13. The van der Waals surface area contributed by atoms with Gasteiger partial charge in [-0.25, -0.2) is 4.98 Å². The van der Waals surface area contributed by atoms with E-state index in [1.54, 1.807) is 30.6 Å². The molecule has 1 heterocycles. The van der Waals surface area contributed by atoms with E-state index in [0.29, 0.717) is 25.3 Å². The third kappa shape index (κ3) is 4.90. The Labute approximate surface area is 161 Å². The molecule has 27 heavy (non-hydrogen) atoms. The lowest BCUT2D eigenvalue weighted by Gasteiger charge is -2.07. The molecule has 3 rings (SSSR count). The van der Waals surface area contributed by atoms with Gasteiger partial charge in [-0.15, -0.1) is 11.3 Å². The third-order valence-corrected chi connectivity index (χ3v) is 5.02. The molecule has 0 unspecified atom stereocenters. The number of methoxy groups -OCH3 is 1. The number of nitrogens with zero attached hydrogens (tertiary/aromatic N) is 1. The van der Waals surface area contributed by atoms with E-state index in [1.165, 1.54) is 5.56 Å². The van der Waals surface area contributed by atoms with Crippen molar-refractivity contribution >= 4 is 39.1 Å². The first-order chi connectivity index (χ1) is 13.1. The van der Waals surface area contributed by atoms with Crippen molar-refractivity contribution < 1.29 is 14.3 Å². The number of carbonyl (C=O) groups excluding carboxylic acids is 2. The maximum Gasteiger partial charge on any atom is 0.313 e. The Balaban J connectivity index is 1.62. The van der Waals surface area contributed by atoms with Gasteiger partial charge >= 0.3 is 11.8 Å². The SMILES string of the molecule is COCCCNC(=O)C(=O)Nc1ccc(-c2nc3ccc(C)cc3s2)cc1. The van der Waals surface area contributed by atoms with Crippen LogP contribution >= 0.6 is 11.3 Å². The van der Waals surface area contributed by atoms with Crippen LogP contribution in [0.4, 0.5) is 5.69 Å². The molecule has 0 saturated heterocycles. The van der Waals surface area contributed by atoms with Crippen LogP contribution in [0.1, 0.15) is 12.0 Å². The first kappa shape index (κ1) is 19.0. The number of nitrogens with one attached hydrogen (secondary N) is 2. The number of hydrogen-bond donors (Lipinski definition) is 2. The Morgan fingerprint density at radius 1 is 1.11 bits per heavy atom. The molecule has 2 N–H and O–H groups in total. The molecular weight excluding hydrogens is 362 g/mol. The molecule has 1 aromatic heterocycles. The van der Waals surface area contributed by atoms with Crippen molar-refractivity contribution in [1.29, 1.82) is 0 Å². The van der Waals surface area contributed by atoms with Gasteiger partial charge in [0.1, 0.15) is 5.01 Å². The number of amides is 2. The quantitative estimate of drug-likeness (QED) is 0.505. The van der Waals surface area contributed by atoms with Gasteiger partial charge in [-0.2, -0.15) is 0 Å². The standard InChI is InChI=1S/C20H21N3O3S/c1-13-4-9-16-17(12-13)27-20(23-16)14-5-7-15(8-6-14)22-19(25)18(24)21-10-3-11-26-2/h4-9,12H,3,10-11H2,1-2H3,(H,21,24)(H,22,25). The molecule has 6 nitrogen and oxygen atoms in total. The Bertz CT molecular complexity index is 951. The molecule has 0 aliphatic heterocycles. The zero-order chi connectivity index (χ0) is 19.2. The third-order valence-electron chi connectivity index (χ3n) is 3.95. The molecule has 2 amide bonds. The van der Waals surface area contributed by atoms with Gasteiger partial charge in [-0.3, -0.25) is 9.59 Å². The van der Waals surface area contributed by atoms with Crippen LogP contribution in [-0.4, -0.2) is 37.1 Å². The monoisotopic (exact) mass is 383 g/mol. The number of anilines is 1. The Hall–Kier alpha value is -2.77. The van der Waals surface area contributed by atoms with Gasteiger partial charge in [-0.1, -0.05) is 6.07 Å². The minimum atomic E-state index is -0.685. The van der Waals surface area contributed by atoms with Crippen LogP contribution in [0.3, 0.4) is 0 Å². The van der Waals surface area contributed by atoms with E-state index < -0.39 is 11.8 Å². The van der Waals surface area contributed by atoms with Crippen LogP contribution in [0.2, 0.25) is 0 Å². The lowest BCUT2D eigenvalue weighted by Crippen LogP contribution is -2.36. The maximum absolute atomic E-state index is 11.9. The van der Waals surface area contributed by atoms with Gasteiger partial charge in [0.25, 0.3) is 0 Å². The molecule has 0 atom stereocenters. The van der Waals surface area contributed by atoms with Gasteiger partial charge < -0.3 is 15.4 Å². The number of fused-ring (bicyclic) bond motifs is 1. The van der Waals surface area contributed by atoms with Crippen LogP contribution in [0.25, 0.3) is 20.8 Å². The number of hydrogen-bond acceptors (Lipinski definition) is 5. The van der Waals surface area contributed by atoms with Crippen LogP contribution in [0.5, 0.6) is 0 Å². The molecule has 0 spiro atoms. The van der Waals surface area contributed by atoms with Crippen molar-refractivity contribution in [3.63, 3.8) is 0 Å². The fourth-order valence-electron chi connectivity index (χ4n) is 2.54. The van der Waals surface area contributed by atoms with Crippen molar-refractivity contribution in [2.45, 2.75) is 13.3 Å². The Kier molecular flexibility index (Phi) is 6.16. The van der Waals surface area contributed by atoms with Crippen LogP contribution < -0.4 is 10.6 Å². The van der Waals surface area contributed by atoms with Crippen molar-refractivity contribution in [2.24, 2.45) is 0 Å². The van der Waals surface area contributed by atoms with Gasteiger partial charge in [-0.05, 0) is 55.3 Å². The van der Waals surface area contributed by atoms with Crippen molar-refractivity contribution in [1.82, 2.24) is 10.3 Å². The van der Waals surface area contributed by atoms with E-state index in [0.717, 1.165) is 20.8 Å². The van der Waals surface area contributed by atoms with Crippen molar-refractivity contribution in [3.05, 3.63) is 48.0 Å². The molecule has 0 aliphatic rings. The summed E-state index contributed by atoms with van der Waals surface area (Å²) in [5, 5.41) is 6.07. The average Bonchev–Trinajstić information content (AvgIpc) is 3.08. The number of benzene rings is 2. The summed E-state index contributed by atoms with van der Waals surface area (Å²) in [5.74, 6) is -1.34. The summed E-state index contributed by atoms with van der Waals surface area (Å²) in [6.45, 7) is 2.99. The lowest BCUT2D eigenvalue weighted by atomic mass is 10.2. The molecule has 7 heteroatoms. The highest BCUT2D eigenvalue weighted by atomic mass is 32.1. The molecule has 0 bridgehead atoms. The minimum absolute atomic E-state index is 0.399. The number of carbonyl (C=O) groups is 2. The molecule has 0 saturated carbocycles. The van der Waals surface area contributed by atoms with Gasteiger partial charge in [0, 0.05) is 31.5 Å². The minimum Gasteiger partial charge on any atom is -0.385 e. The van der Waals surface area contributed by atoms with Crippen molar-refractivity contribution in [3.8, 4) is 10.6 Å². The van der Waals surface area contributed by atoms with Crippen LogP contribution in [-0.2, 0) is 14.3 Å². The van der Waals surface area contributed by atoms with Gasteiger partial charge in [0.2, 0.25) is 0 Å². The zero-order valence-electron chi connectivity index (χ0n) is 15.2. The molecule has 0 radical (unpaired) electrons. The topological polar surface area (TPSA) is 80.3 Å². The fraction of sp³-hybridized carbons (Fsp3) is 0.250. The van der Waals surface area contributed by atoms with Crippen LogP contribution in [0, 0.1) is 6.92 Å². The van der Waals surface area contributed by atoms with Gasteiger partial charge in [0.15, 0.2) is 0 Å². The van der Waals surface area contributed by atoms with E-state index in [9.17, 15) is 9.59 Å². The second-order valence-electron chi connectivity index (χ2n) is 6.12. The molecular formula is C20H21N3O3S. The lowest BCUT2D eigenvalue weighted by molar-refractivity contribution is -0.136. The Morgan fingerprint density at radius 3 is 2.63 bits per heavy atom. The number of thiazole rings is 1. The summed E-state index contributed by atoms with van der Waals surface area (Å²) in [6, 6.07) is 13.5. The van der Waals surface area contributed by atoms with Crippen LogP contribution in [0.15, 0.2) is 42.5 Å². The first-order valence-electron chi connectivity index (χ1n) is 8.62. The summed E-state index contributed by atoms with van der Waals surface area (Å²) in [6.07, 6.45) is 0.659. The predicted molar refractivity (Wildman–Crippen MR) is 108 cm³/mol. The van der Waals surface area contributed by atoms with E-state index in [1.807, 2.05) is 24.3 Å². The van der Waals surface area contributed by atoms with E-state index in [4.69, 9.17) is 4.74 Å². The second kappa shape index (κ2) is 8.75. The molecule has 0 aliphatic carbocycles. The summed E-state index contributed by atoms with van der Waals surface area (Å²) >= 11 is 1.63. The van der Waals surface area contributed by atoms with E-state index in [2.05, 4.69) is 28.6 Å². The molecule has 3 aromatic rings. The molecule has 2 aromatic carbocycles. The number of aryl methyl sites for hydroxylation is 1. The smallest absolute Gasteiger partial charge is 0.313 e. The summed E-state index contributed by atoms with van der Waals surface area (Å²) in [4.78, 5) is 28.3. The fourth-order valence-corrected chi connectivity index (χ4v) is 3.61. The molecule has 140 valence electrons. The predicted octanol–water partition coefficient (Wildman–Crippen LogP) is 3.36. The number of ether oxygens (including phenoxy) is 1. The largest absolute Gasteiger partial charge is 0.385 e. The zero-order valence-corrected chi connectivity index (χ0v) is 16.1. The maximum atomic E-state index is 11.9. The summed E-state index contributed by atoms with van der Waals surface area (Å²) in [7, 11) is 1.59. The highest BCUT2D eigenvalue weighted by Crippen LogP contribution is 2.31. The van der Waals surface area contributed by atoms with E-state index in [-0.39, 0.29) is 0 Å². The highest BCUT2D eigenvalue weighted by molar-refractivity contribution is 7.21. The average molecular weight is 383 g/mol.